The van der Waals surface area contributed by atoms with Gasteiger partial charge in [0, 0.05) is 116 Å². The molecule has 0 fully saturated rings. The number of para-hydroxylation sites is 2. The second-order valence-electron chi connectivity index (χ2n) is 4.54. The Balaban J connectivity index is -0.0000000963. The van der Waals surface area contributed by atoms with E-state index in [4.69, 9.17) is 10.5 Å². The van der Waals surface area contributed by atoms with Crippen LogP contribution in [0.1, 0.15) is 14.4 Å². The maximum atomic E-state index is 10.1. The smallest absolute Gasteiger partial charge is 0.217 e. The third-order valence-electron chi connectivity index (χ3n) is 2.63. The minimum atomic E-state index is -0.144. The molecule has 2 aromatic carbocycles. The zero-order valence-electron chi connectivity index (χ0n) is 17.6. The molecule has 0 saturated carbocycles. The minimum absolute atomic E-state index is 0. The van der Waals surface area contributed by atoms with E-state index in [0.717, 1.165) is 35.5 Å². The first-order valence-electron chi connectivity index (χ1n) is 8.02. The van der Waals surface area contributed by atoms with E-state index >= 15 is 0 Å². The van der Waals surface area contributed by atoms with Crippen LogP contribution in [0.4, 0.5) is 11.4 Å². The Labute approximate surface area is 245 Å². The summed E-state index contributed by atoms with van der Waals surface area (Å²) in [5.74, 6) is 0.126. The molecule has 172 valence electrons. The van der Waals surface area contributed by atoms with Gasteiger partial charge < -0.3 is 16.0 Å². The third-order valence-corrected chi connectivity index (χ3v) is 3.15. The number of hydrogen-bond acceptors (Lipinski definition) is 9. The molecule has 0 aliphatic heterocycles. The maximum absolute atomic E-state index is 10.1. The molecule has 31 heavy (non-hydrogen) atoms. The summed E-state index contributed by atoms with van der Waals surface area (Å²) in [6.45, 7) is 1.39. The van der Waals surface area contributed by atoms with Crippen molar-refractivity contribution in [3.05, 3.63) is 60.7 Å². The van der Waals surface area contributed by atoms with Gasteiger partial charge in [-0.25, -0.2) is 10.5 Å². The van der Waals surface area contributed by atoms with Crippen LogP contribution in [0.15, 0.2) is 60.7 Å². The summed E-state index contributed by atoms with van der Waals surface area (Å²) in [5, 5.41) is 23.5. The van der Waals surface area contributed by atoms with Gasteiger partial charge in [0.2, 0.25) is 5.91 Å². The summed E-state index contributed by atoms with van der Waals surface area (Å²) in [7, 11) is 3.82. The first-order valence-corrected chi connectivity index (χ1v) is 10.1. The third kappa shape index (κ3) is 35.0. The van der Waals surface area contributed by atoms with Crippen LogP contribution in [0.5, 0.6) is 0 Å². The number of anilines is 2. The van der Waals surface area contributed by atoms with Gasteiger partial charge in [0.05, 0.1) is 17.9 Å². The average Bonchev–Trinajstić information content (AvgIpc) is 2.76. The number of hydrogen-bond donors (Lipinski definition) is 5. The van der Waals surface area contributed by atoms with Crippen LogP contribution < -0.4 is 16.0 Å². The van der Waals surface area contributed by atoms with Crippen molar-refractivity contribution in [2.24, 2.45) is 0 Å². The van der Waals surface area contributed by atoms with Crippen molar-refractivity contribution < 1.29 is 89.4 Å². The van der Waals surface area contributed by atoms with Crippen molar-refractivity contribution in [2.75, 3.05) is 36.9 Å². The van der Waals surface area contributed by atoms with Gasteiger partial charge in [-0.2, -0.15) is 8.67 Å². The van der Waals surface area contributed by atoms with E-state index in [9.17, 15) is 4.79 Å². The molecule has 0 heterocycles. The normalized spacial score (nSPS) is 7.68. The molecule has 12 heteroatoms. The van der Waals surface area contributed by atoms with Crippen molar-refractivity contribution in [2.45, 2.75) is 14.4 Å². The Morgan fingerprint density at radius 2 is 1.23 bits per heavy atom. The van der Waals surface area contributed by atoms with Gasteiger partial charge in [0.25, 0.3) is 0 Å². The molecule has 0 aliphatic carbocycles. The molecule has 8 nitrogen and oxygen atoms in total. The number of carbonyl (C=O) groups excluding carboxylic acids is 1. The van der Waals surface area contributed by atoms with E-state index in [-0.39, 0.29) is 84.6 Å². The monoisotopic (exact) mass is 625 g/mol. The molecule has 0 bridgehead atoms. The van der Waals surface area contributed by atoms with E-state index in [1.54, 1.807) is 6.26 Å². The van der Waals surface area contributed by atoms with E-state index in [2.05, 4.69) is 24.6 Å². The molecule has 0 unspecified atom stereocenters. The molecule has 1 amide bonds. The van der Waals surface area contributed by atoms with Gasteiger partial charge in [-0.1, -0.05) is 43.8 Å². The van der Waals surface area contributed by atoms with E-state index in [1.165, 1.54) is 6.92 Å². The van der Waals surface area contributed by atoms with Gasteiger partial charge in [0.1, 0.15) is 0 Å². The fraction of sp³-hybridized carbons (Fsp3) is 0.316. The van der Waals surface area contributed by atoms with Gasteiger partial charge in [-0.15, -0.1) is 0 Å². The molecule has 0 atom stereocenters. The van der Waals surface area contributed by atoms with Crippen LogP contribution in [0.3, 0.4) is 0 Å². The molecule has 2 aromatic rings. The number of amides is 1. The zero-order valence-corrected chi connectivity index (χ0v) is 24.9. The van der Waals surface area contributed by atoms with Crippen molar-refractivity contribution in [3.8, 4) is 0 Å². The second kappa shape index (κ2) is 34.9. The molecule has 0 aliphatic rings. The van der Waals surface area contributed by atoms with Gasteiger partial charge >= 0.3 is 0 Å². The first-order chi connectivity index (χ1) is 13.5. The van der Waals surface area contributed by atoms with E-state index in [0.29, 0.717) is 0 Å². The second-order valence-corrected chi connectivity index (χ2v) is 5.70. The fourth-order valence-electron chi connectivity index (χ4n) is 1.37. The van der Waals surface area contributed by atoms with Crippen LogP contribution >= 0.6 is 24.1 Å². The molecule has 0 spiro atoms. The van der Waals surface area contributed by atoms with Crippen LogP contribution in [0, 0.1) is 0 Å². The summed E-state index contributed by atoms with van der Waals surface area (Å²) in [4.78, 5) is 10.1. The van der Waals surface area contributed by atoms with Crippen molar-refractivity contribution >= 4 is 41.4 Å². The Hall–Kier alpha value is 0.258. The quantitative estimate of drug-likeness (QED) is 0.0990. The summed E-state index contributed by atoms with van der Waals surface area (Å²) >= 11 is 1.67. The van der Waals surface area contributed by atoms with Crippen LogP contribution in [-0.2, 0) is 78.9 Å². The topological polar surface area (TPSA) is 112 Å². The van der Waals surface area contributed by atoms with Crippen LogP contribution in [0.2, 0.25) is 0 Å². The minimum Gasteiger partial charge on any atom is -0.388 e. The largest absolute Gasteiger partial charge is 0.388 e. The van der Waals surface area contributed by atoms with Crippen LogP contribution in [-0.4, -0.2) is 42.6 Å². The summed E-state index contributed by atoms with van der Waals surface area (Å²) < 4.78 is 7.05. The predicted molar refractivity (Wildman–Crippen MR) is 126 cm³/mol. The number of nitrogens with one attached hydrogen (secondary N) is 3. The Kier molecular flexibility index (Phi) is 46.7. The zero-order chi connectivity index (χ0) is 21.5. The molecule has 2 rings (SSSR count). The van der Waals surface area contributed by atoms with Crippen LogP contribution in [0.25, 0.3) is 0 Å². The molecule has 2 radical (unpaired) electrons. The fourth-order valence-corrected chi connectivity index (χ4v) is 1.68. The van der Waals surface area contributed by atoms with Crippen molar-refractivity contribution in [3.63, 3.8) is 0 Å². The summed E-state index contributed by atoms with van der Waals surface area (Å²) in [6, 6.07) is 20.1. The van der Waals surface area contributed by atoms with E-state index < -0.39 is 0 Å². The van der Waals surface area contributed by atoms with Crippen molar-refractivity contribution in [1.29, 1.82) is 0 Å². The van der Waals surface area contributed by atoms with Gasteiger partial charge in [0.15, 0.2) is 0 Å². The predicted octanol–water partition coefficient (Wildman–Crippen LogP) is 5.06. The number of rotatable bonds is 6. The number of benzene rings is 2. The van der Waals surface area contributed by atoms with Crippen molar-refractivity contribution in [1.82, 2.24) is 5.32 Å². The van der Waals surface area contributed by atoms with Gasteiger partial charge in [-0.05, 0) is 24.3 Å². The summed E-state index contributed by atoms with van der Waals surface area (Å²) in [5.41, 5.74) is 2.32. The number of carbonyl (C=O) groups is 1. The molecular formula is C19H33N3O5S2Y2. The van der Waals surface area contributed by atoms with E-state index in [1.807, 2.05) is 74.8 Å². The average molecular weight is 625 g/mol. The molecule has 5 N–H and O–H groups in total. The van der Waals surface area contributed by atoms with Gasteiger partial charge in [-0.3, -0.25) is 4.79 Å². The molecule has 0 aromatic heterocycles. The standard InChI is InChI=1S/2C7H9N.C3H7NO3S.CH4O2S.CH4.2Y/c2*1-8-7-5-3-2-4-6-7;1-3(5)4-2-8-7-6;1-4-3-2;;;/h2*2-6,8H,1H3;6H,2H2,1H3,(H,4,5);2H,1H3;1H4;;. The SMILES string of the molecule is C.CC(=O)NCSOO.CNc1ccccc1.CNc1ccccc1.CSOO.[Y].[Y]. The summed E-state index contributed by atoms with van der Waals surface area (Å²) in [6.07, 6.45) is 1.62. The Bertz CT molecular complexity index is 535. The Morgan fingerprint density at radius 1 is 0.871 bits per heavy atom. The Morgan fingerprint density at radius 3 is 1.42 bits per heavy atom. The maximum Gasteiger partial charge on any atom is 0.217 e. The molecular weight excluding hydrogens is 592 g/mol. The first kappa shape index (κ1) is 41.5. The molecule has 0 saturated heterocycles.